The molecule has 1 aliphatic rings. The van der Waals surface area contributed by atoms with Crippen molar-refractivity contribution >= 4 is 17.2 Å². The molecule has 4 rings (SSSR count). The zero-order chi connectivity index (χ0) is 23.4. The van der Waals surface area contributed by atoms with Crippen molar-refractivity contribution in [2.75, 3.05) is 19.8 Å². The van der Waals surface area contributed by atoms with E-state index in [4.69, 9.17) is 15.9 Å². The van der Waals surface area contributed by atoms with Gasteiger partial charge < -0.3 is 14.4 Å². The number of ether oxygens (including phenoxy) is 2. The number of carbonyl (C=O) groups is 1. The summed E-state index contributed by atoms with van der Waals surface area (Å²) < 4.78 is 14.0. The molecule has 0 radical (unpaired) electrons. The van der Waals surface area contributed by atoms with E-state index < -0.39 is 0 Å². The quantitative estimate of drug-likeness (QED) is 0.375. The molecule has 172 valence electrons. The third-order valence-electron chi connectivity index (χ3n) is 5.62. The van der Waals surface area contributed by atoms with E-state index in [1.54, 1.807) is 11.3 Å². The summed E-state index contributed by atoms with van der Waals surface area (Å²) in [6, 6.07) is 10.4. The van der Waals surface area contributed by atoms with Crippen LogP contribution in [0.2, 0.25) is 0 Å². The van der Waals surface area contributed by atoms with Crippen molar-refractivity contribution in [3.8, 4) is 34.3 Å². The summed E-state index contributed by atoms with van der Waals surface area (Å²) in [7, 11) is 0. The van der Waals surface area contributed by atoms with Gasteiger partial charge in [-0.1, -0.05) is 0 Å². The van der Waals surface area contributed by atoms with Crippen LogP contribution in [0, 0.1) is 33.1 Å². The van der Waals surface area contributed by atoms with Crippen LogP contribution in [0.4, 0.5) is 0 Å². The molecule has 0 saturated heterocycles. The van der Waals surface area contributed by atoms with Gasteiger partial charge in [0.05, 0.1) is 18.8 Å². The zero-order valence-electron chi connectivity index (χ0n) is 19.4. The third-order valence-corrected chi connectivity index (χ3v) is 6.67. The first kappa shape index (κ1) is 22.9. The summed E-state index contributed by atoms with van der Waals surface area (Å²) in [5, 5.41) is 4.47. The van der Waals surface area contributed by atoms with E-state index in [0.717, 1.165) is 27.4 Å². The van der Waals surface area contributed by atoms with Gasteiger partial charge >= 0.3 is 0 Å². The second kappa shape index (κ2) is 10.1. The number of benzene rings is 1. The van der Waals surface area contributed by atoms with E-state index in [9.17, 15) is 4.79 Å². The summed E-state index contributed by atoms with van der Waals surface area (Å²) in [4.78, 5) is 17.4. The fourth-order valence-electron chi connectivity index (χ4n) is 4.02. The van der Waals surface area contributed by atoms with Crippen molar-refractivity contribution in [1.29, 1.82) is 0 Å². The Bertz CT molecular complexity index is 1190. The van der Waals surface area contributed by atoms with Crippen molar-refractivity contribution in [2.24, 2.45) is 0 Å². The summed E-state index contributed by atoms with van der Waals surface area (Å²) in [5.41, 5.74) is 4.04. The highest BCUT2D eigenvalue weighted by Crippen LogP contribution is 2.40. The number of fused-ring (bicyclic) bond motifs is 1. The highest BCUT2D eigenvalue weighted by molar-refractivity contribution is 7.15. The van der Waals surface area contributed by atoms with Crippen LogP contribution in [-0.4, -0.2) is 40.3 Å². The van der Waals surface area contributed by atoms with Crippen LogP contribution in [0.3, 0.4) is 0 Å². The molecule has 0 atom stereocenters. The number of aryl methyl sites for hydroxylation is 4. The van der Waals surface area contributed by atoms with Crippen LogP contribution < -0.4 is 9.47 Å². The first-order valence-electron chi connectivity index (χ1n) is 11.2. The Morgan fingerprint density at radius 2 is 2.12 bits per heavy atom. The molecule has 0 unspecified atom stereocenters. The lowest BCUT2D eigenvalue weighted by atomic mass is 10.1. The molecule has 0 saturated carbocycles. The van der Waals surface area contributed by atoms with Crippen LogP contribution in [-0.2, 0) is 17.9 Å². The maximum atomic E-state index is 13.1. The molecule has 7 heteroatoms. The molecule has 33 heavy (non-hydrogen) atoms. The first-order chi connectivity index (χ1) is 15.9. The number of aromatic nitrogens is 2. The number of hydrogen-bond acceptors (Lipinski definition) is 5. The largest absolute Gasteiger partial charge is 0.489 e. The predicted molar refractivity (Wildman–Crippen MR) is 131 cm³/mol. The Balaban J connectivity index is 1.57. The van der Waals surface area contributed by atoms with Crippen LogP contribution in [0.5, 0.6) is 11.5 Å². The van der Waals surface area contributed by atoms with Gasteiger partial charge in [0.15, 0.2) is 11.5 Å². The molecule has 1 aromatic carbocycles. The number of terminal acetylenes is 1. The van der Waals surface area contributed by atoms with Crippen LogP contribution in [0.25, 0.3) is 10.4 Å². The fraction of sp³-hybridized carbons (Fsp3) is 0.385. The first-order valence-corrected chi connectivity index (χ1v) is 12.0. The number of carbonyl (C=O) groups excluding carboxylic acids is 1. The van der Waals surface area contributed by atoms with Gasteiger partial charge in [0.25, 0.3) is 0 Å². The van der Waals surface area contributed by atoms with Gasteiger partial charge in [0.2, 0.25) is 5.91 Å². The molecule has 0 N–H and O–H groups in total. The average Bonchev–Trinajstić information content (AvgIpc) is 3.28. The van der Waals surface area contributed by atoms with Crippen molar-refractivity contribution in [2.45, 2.75) is 46.7 Å². The highest BCUT2D eigenvalue weighted by atomic mass is 32.1. The molecular formula is C26H29N3O3S. The number of thiophene rings is 1. The molecule has 0 spiro atoms. The molecular weight excluding hydrogens is 434 g/mol. The predicted octanol–water partition coefficient (Wildman–Crippen LogP) is 4.75. The zero-order valence-corrected chi connectivity index (χ0v) is 20.2. The number of nitrogens with zero attached hydrogens (tertiary/aromatic N) is 3. The molecule has 2 aromatic heterocycles. The Labute approximate surface area is 199 Å². The minimum Gasteiger partial charge on any atom is -0.489 e. The second-order valence-electron chi connectivity index (χ2n) is 8.24. The molecule has 0 bridgehead atoms. The van der Waals surface area contributed by atoms with Gasteiger partial charge in [-0.15, -0.1) is 23.7 Å². The Morgan fingerprint density at radius 3 is 2.82 bits per heavy atom. The summed E-state index contributed by atoms with van der Waals surface area (Å²) in [6.07, 6.45) is 6.32. The van der Waals surface area contributed by atoms with E-state index >= 15 is 0 Å². The lowest BCUT2D eigenvalue weighted by Crippen LogP contribution is -2.33. The van der Waals surface area contributed by atoms with Gasteiger partial charge in [-0.2, -0.15) is 5.10 Å². The molecule has 6 nitrogen and oxygen atoms in total. The van der Waals surface area contributed by atoms with Crippen LogP contribution in [0.15, 0.2) is 30.3 Å². The van der Waals surface area contributed by atoms with Crippen molar-refractivity contribution in [1.82, 2.24) is 14.7 Å². The number of hydrogen-bond donors (Lipinski definition) is 0. The maximum Gasteiger partial charge on any atom is 0.224 e. The molecule has 1 amide bonds. The maximum absolute atomic E-state index is 13.1. The topological polar surface area (TPSA) is 56.6 Å². The van der Waals surface area contributed by atoms with E-state index in [2.05, 4.69) is 36.1 Å². The summed E-state index contributed by atoms with van der Waals surface area (Å²) in [5.74, 6) is 4.09. The van der Waals surface area contributed by atoms with Crippen molar-refractivity contribution in [3.63, 3.8) is 0 Å². The number of rotatable bonds is 7. The second-order valence-corrected chi connectivity index (χ2v) is 9.53. The van der Waals surface area contributed by atoms with Crippen LogP contribution >= 0.6 is 11.3 Å². The molecule has 1 aliphatic heterocycles. The van der Waals surface area contributed by atoms with Gasteiger partial charge in [-0.05, 0) is 56.7 Å². The minimum atomic E-state index is 0.0891. The third kappa shape index (κ3) is 5.40. The minimum absolute atomic E-state index is 0.0891. The molecule has 0 aliphatic carbocycles. The summed E-state index contributed by atoms with van der Waals surface area (Å²) >= 11 is 1.73. The van der Waals surface area contributed by atoms with Gasteiger partial charge in [-0.3, -0.25) is 9.48 Å². The average molecular weight is 464 g/mol. The van der Waals surface area contributed by atoms with E-state index in [-0.39, 0.29) is 5.91 Å². The fourth-order valence-corrected chi connectivity index (χ4v) is 4.87. The van der Waals surface area contributed by atoms with Gasteiger partial charge in [-0.25, -0.2) is 0 Å². The smallest absolute Gasteiger partial charge is 0.224 e. The molecule has 3 heterocycles. The van der Waals surface area contributed by atoms with Gasteiger partial charge in [0.1, 0.15) is 6.61 Å². The standard InChI is InChI=1S/C26H29N3O3S/c1-5-6-12-31-23-16-21(24-8-7-20(4)33-24)15-22-17-28(11-13-32-26(22)23)25(30)9-10-29-19(3)14-18(2)27-29/h1,7-8,14-16H,6,9-13,17H2,2-4H3. The summed E-state index contributed by atoms with van der Waals surface area (Å²) in [6.45, 7) is 8.48. The van der Waals surface area contributed by atoms with E-state index in [1.165, 1.54) is 4.88 Å². The monoisotopic (exact) mass is 463 g/mol. The van der Waals surface area contributed by atoms with E-state index in [0.29, 0.717) is 57.2 Å². The Morgan fingerprint density at radius 1 is 1.27 bits per heavy atom. The molecule has 3 aromatic rings. The van der Waals surface area contributed by atoms with Crippen molar-refractivity contribution in [3.05, 3.63) is 52.2 Å². The van der Waals surface area contributed by atoms with Crippen molar-refractivity contribution < 1.29 is 14.3 Å². The molecule has 0 fully saturated rings. The highest BCUT2D eigenvalue weighted by Gasteiger charge is 2.24. The van der Waals surface area contributed by atoms with E-state index in [1.807, 2.05) is 35.6 Å². The lowest BCUT2D eigenvalue weighted by Gasteiger charge is -2.20. The Hall–Kier alpha value is -3.24. The SMILES string of the molecule is C#CCCOc1cc(-c2ccc(C)s2)cc2c1OCCN(C(=O)CCn1nc(C)cc1C)C2. The number of amides is 1. The van der Waals surface area contributed by atoms with Crippen LogP contribution in [0.1, 0.15) is 34.7 Å². The lowest BCUT2D eigenvalue weighted by molar-refractivity contribution is -0.132. The van der Waals surface area contributed by atoms with Gasteiger partial charge in [0, 0.05) is 46.9 Å². The Kier molecular flexibility index (Phi) is 7.05. The normalized spacial score (nSPS) is 13.1.